The van der Waals surface area contributed by atoms with Crippen molar-refractivity contribution in [2.24, 2.45) is 4.99 Å². The lowest BCUT2D eigenvalue weighted by Crippen LogP contribution is -2.47. The van der Waals surface area contributed by atoms with Crippen molar-refractivity contribution in [2.45, 2.75) is 31.7 Å². The molecule has 1 aliphatic heterocycles. The third kappa shape index (κ3) is 5.58. The average Bonchev–Trinajstić information content (AvgIpc) is 2.82. The standard InChI is InChI=1S/C16H24FN3O2S.HI/c1-16(2,13-6-4-5-7-14(13)17)11-19-15(18-3)20-12-8-9-23(21,22)10-12;/h4-7,12H,8-11H2,1-3H3,(H2,18,19,20);1H. The van der Waals surface area contributed by atoms with Crippen molar-refractivity contribution in [3.8, 4) is 0 Å². The van der Waals surface area contributed by atoms with Gasteiger partial charge in [-0.15, -0.1) is 24.0 Å². The van der Waals surface area contributed by atoms with E-state index in [0.29, 0.717) is 24.5 Å². The fourth-order valence-corrected chi connectivity index (χ4v) is 4.38. The van der Waals surface area contributed by atoms with Gasteiger partial charge >= 0.3 is 0 Å². The van der Waals surface area contributed by atoms with Crippen LogP contribution in [0, 0.1) is 5.82 Å². The van der Waals surface area contributed by atoms with Crippen molar-refractivity contribution < 1.29 is 12.8 Å². The Morgan fingerprint density at radius 2 is 2.04 bits per heavy atom. The first-order valence-corrected chi connectivity index (χ1v) is 9.48. The van der Waals surface area contributed by atoms with Crippen LogP contribution in [-0.4, -0.2) is 45.5 Å². The Hall–Kier alpha value is -0.900. The molecule has 1 fully saturated rings. The summed E-state index contributed by atoms with van der Waals surface area (Å²) < 4.78 is 37.0. The molecule has 0 spiro atoms. The van der Waals surface area contributed by atoms with E-state index in [1.165, 1.54) is 6.07 Å². The average molecular weight is 469 g/mol. The third-order valence-electron chi connectivity index (χ3n) is 4.10. The minimum atomic E-state index is -2.94. The van der Waals surface area contributed by atoms with Crippen molar-refractivity contribution in [1.82, 2.24) is 10.6 Å². The Labute approximate surface area is 160 Å². The summed E-state index contributed by atoms with van der Waals surface area (Å²) in [5, 5.41) is 6.29. The maximum atomic E-state index is 14.0. The van der Waals surface area contributed by atoms with Crippen molar-refractivity contribution >= 4 is 39.8 Å². The number of sulfone groups is 1. The number of guanidine groups is 1. The first-order chi connectivity index (χ1) is 10.7. The molecule has 0 radical (unpaired) electrons. The monoisotopic (exact) mass is 469 g/mol. The fourth-order valence-electron chi connectivity index (χ4n) is 2.71. The predicted octanol–water partition coefficient (Wildman–Crippen LogP) is 2.07. The van der Waals surface area contributed by atoms with Gasteiger partial charge in [-0.25, -0.2) is 12.8 Å². The molecule has 1 aromatic rings. The maximum Gasteiger partial charge on any atom is 0.191 e. The minimum Gasteiger partial charge on any atom is -0.356 e. The molecule has 24 heavy (non-hydrogen) atoms. The number of hydrogen-bond acceptors (Lipinski definition) is 3. The number of nitrogens with one attached hydrogen (secondary N) is 2. The highest BCUT2D eigenvalue weighted by Gasteiger charge is 2.29. The second-order valence-corrected chi connectivity index (χ2v) is 8.76. The highest BCUT2D eigenvalue weighted by atomic mass is 127. The van der Waals surface area contributed by atoms with Crippen molar-refractivity contribution in [1.29, 1.82) is 0 Å². The molecule has 8 heteroatoms. The molecule has 2 N–H and O–H groups in total. The number of hydrogen-bond donors (Lipinski definition) is 2. The molecule has 0 amide bonds. The van der Waals surface area contributed by atoms with E-state index >= 15 is 0 Å². The molecule has 1 atom stereocenters. The molecule has 1 heterocycles. The first kappa shape index (κ1) is 21.1. The van der Waals surface area contributed by atoms with Crippen LogP contribution in [0.2, 0.25) is 0 Å². The number of benzene rings is 1. The minimum absolute atomic E-state index is 0. The molecule has 1 unspecified atom stereocenters. The summed E-state index contributed by atoms with van der Waals surface area (Å²) in [6.45, 7) is 4.38. The molecule has 0 aliphatic carbocycles. The van der Waals surface area contributed by atoms with Crippen LogP contribution in [0.4, 0.5) is 4.39 Å². The molecule has 0 saturated carbocycles. The Kier molecular flexibility index (Phi) is 7.45. The molecule has 2 rings (SSSR count). The van der Waals surface area contributed by atoms with Crippen molar-refractivity contribution in [3.63, 3.8) is 0 Å². The van der Waals surface area contributed by atoms with E-state index in [0.717, 1.165) is 0 Å². The number of rotatable bonds is 4. The Balaban J connectivity index is 0.00000288. The number of aliphatic imine (C=N–C) groups is 1. The van der Waals surface area contributed by atoms with E-state index < -0.39 is 15.3 Å². The van der Waals surface area contributed by atoms with Gasteiger partial charge in [0.2, 0.25) is 0 Å². The normalized spacial score (nSPS) is 20.3. The lowest BCUT2D eigenvalue weighted by molar-refractivity contribution is 0.471. The summed E-state index contributed by atoms with van der Waals surface area (Å²) in [5.41, 5.74) is 0.205. The summed E-state index contributed by atoms with van der Waals surface area (Å²) in [7, 11) is -1.30. The highest BCUT2D eigenvalue weighted by Crippen LogP contribution is 2.24. The smallest absolute Gasteiger partial charge is 0.191 e. The van der Waals surface area contributed by atoms with Crippen LogP contribution in [0.15, 0.2) is 29.3 Å². The van der Waals surface area contributed by atoms with Crippen LogP contribution < -0.4 is 10.6 Å². The number of halogens is 2. The van der Waals surface area contributed by atoms with Gasteiger partial charge in [-0.2, -0.15) is 0 Å². The first-order valence-electron chi connectivity index (χ1n) is 7.66. The van der Waals surface area contributed by atoms with E-state index in [-0.39, 0.29) is 47.3 Å². The van der Waals surface area contributed by atoms with Gasteiger partial charge < -0.3 is 10.6 Å². The summed E-state index contributed by atoms with van der Waals surface area (Å²) >= 11 is 0. The second kappa shape index (κ2) is 8.46. The molecular weight excluding hydrogens is 444 g/mol. The Morgan fingerprint density at radius 1 is 1.38 bits per heavy atom. The van der Waals surface area contributed by atoms with E-state index in [1.54, 1.807) is 19.2 Å². The lowest BCUT2D eigenvalue weighted by atomic mass is 9.84. The van der Waals surface area contributed by atoms with Crippen LogP contribution in [0.1, 0.15) is 25.8 Å². The molecular formula is C16H25FIN3O2S. The van der Waals surface area contributed by atoms with Gasteiger partial charge in [-0.05, 0) is 18.1 Å². The Bertz CT molecular complexity index is 692. The molecule has 1 saturated heterocycles. The van der Waals surface area contributed by atoms with Crippen LogP contribution >= 0.6 is 24.0 Å². The second-order valence-electron chi connectivity index (χ2n) is 6.53. The fraction of sp³-hybridized carbons (Fsp3) is 0.562. The van der Waals surface area contributed by atoms with Gasteiger partial charge in [-0.1, -0.05) is 32.0 Å². The lowest BCUT2D eigenvalue weighted by Gasteiger charge is -2.27. The molecule has 1 aromatic carbocycles. The summed E-state index contributed by atoms with van der Waals surface area (Å²) in [6, 6.07) is 6.59. The quantitative estimate of drug-likeness (QED) is 0.403. The molecule has 1 aliphatic rings. The zero-order chi connectivity index (χ0) is 17.1. The summed E-state index contributed by atoms with van der Waals surface area (Å²) in [6.07, 6.45) is 0.583. The van der Waals surface area contributed by atoms with Gasteiger partial charge in [0.05, 0.1) is 11.5 Å². The van der Waals surface area contributed by atoms with Gasteiger partial charge in [0.1, 0.15) is 5.82 Å². The summed E-state index contributed by atoms with van der Waals surface area (Å²) in [5.74, 6) is 0.646. The van der Waals surface area contributed by atoms with Gasteiger partial charge in [-0.3, -0.25) is 4.99 Å². The number of nitrogens with zero attached hydrogens (tertiary/aromatic N) is 1. The molecule has 0 bridgehead atoms. The van der Waals surface area contributed by atoms with Crippen LogP contribution in [0.5, 0.6) is 0 Å². The maximum absolute atomic E-state index is 14.0. The molecule has 136 valence electrons. The van der Waals surface area contributed by atoms with E-state index in [9.17, 15) is 12.8 Å². The van der Waals surface area contributed by atoms with Crippen LogP contribution in [0.3, 0.4) is 0 Å². The van der Waals surface area contributed by atoms with E-state index in [1.807, 2.05) is 19.9 Å². The zero-order valence-corrected chi connectivity index (χ0v) is 17.3. The molecule has 0 aromatic heterocycles. The summed E-state index contributed by atoms with van der Waals surface area (Å²) in [4.78, 5) is 4.12. The van der Waals surface area contributed by atoms with E-state index in [4.69, 9.17) is 0 Å². The molecule has 5 nitrogen and oxygen atoms in total. The van der Waals surface area contributed by atoms with Crippen LogP contribution in [0.25, 0.3) is 0 Å². The highest BCUT2D eigenvalue weighted by molar-refractivity contribution is 14.0. The predicted molar refractivity (Wildman–Crippen MR) is 106 cm³/mol. The van der Waals surface area contributed by atoms with Crippen LogP contribution in [-0.2, 0) is 15.3 Å². The zero-order valence-electron chi connectivity index (χ0n) is 14.2. The van der Waals surface area contributed by atoms with Gasteiger partial charge in [0.15, 0.2) is 15.8 Å². The SMILES string of the molecule is CN=C(NCC(C)(C)c1ccccc1F)NC1CCS(=O)(=O)C1.I. The van der Waals surface area contributed by atoms with E-state index in [2.05, 4.69) is 15.6 Å². The van der Waals surface area contributed by atoms with Gasteiger partial charge in [0, 0.05) is 25.0 Å². The Morgan fingerprint density at radius 3 is 2.58 bits per heavy atom. The van der Waals surface area contributed by atoms with Crippen molar-refractivity contribution in [2.75, 3.05) is 25.1 Å². The van der Waals surface area contributed by atoms with Gasteiger partial charge in [0.25, 0.3) is 0 Å². The third-order valence-corrected chi connectivity index (χ3v) is 5.87. The van der Waals surface area contributed by atoms with Crippen molar-refractivity contribution in [3.05, 3.63) is 35.6 Å². The largest absolute Gasteiger partial charge is 0.356 e. The topological polar surface area (TPSA) is 70.6 Å².